The number of hydrogen-bond acceptors (Lipinski definition) is 0. The average Bonchev–Trinajstić information content (AvgIpc) is 2.37. The Bertz CT molecular complexity index is 235. The van der Waals surface area contributed by atoms with E-state index in [2.05, 4.69) is 36.2 Å². The van der Waals surface area contributed by atoms with Gasteiger partial charge in [0.1, 0.15) is 18.9 Å². The van der Waals surface area contributed by atoms with Gasteiger partial charge in [-0.2, -0.15) is 0 Å². The van der Waals surface area contributed by atoms with Gasteiger partial charge in [-0.05, 0) is 12.5 Å². The number of aryl methyl sites for hydroxylation is 1. The van der Waals surface area contributed by atoms with Crippen molar-refractivity contribution in [3.8, 4) is 0 Å². The van der Waals surface area contributed by atoms with Crippen LogP contribution in [0.4, 0.5) is 0 Å². The van der Waals surface area contributed by atoms with Gasteiger partial charge in [0.25, 0.3) is 0 Å². The molecule has 0 atom stereocenters. The quantitative estimate of drug-likeness (QED) is 0.454. The largest absolute Gasteiger partial charge is 0.243 e. The molecule has 0 amide bonds. The second kappa shape index (κ2) is 3.96. The highest BCUT2D eigenvalue weighted by Gasteiger charge is 1.94. The van der Waals surface area contributed by atoms with E-state index >= 15 is 0 Å². The van der Waals surface area contributed by atoms with Crippen LogP contribution in [0.2, 0.25) is 0 Å². The number of aromatic nitrogens is 2. The lowest BCUT2D eigenvalue weighted by Gasteiger charge is -1.85. The maximum atomic E-state index is 2.18. The lowest BCUT2D eigenvalue weighted by atomic mass is 10.4. The molecule has 1 aromatic heterocycles. The third-order valence-corrected chi connectivity index (χ3v) is 1.54. The summed E-state index contributed by atoms with van der Waals surface area (Å²) in [6.45, 7) is 3.13. The van der Waals surface area contributed by atoms with E-state index in [1.165, 1.54) is 0 Å². The van der Waals surface area contributed by atoms with Crippen LogP contribution in [0.25, 0.3) is 0 Å². The molecule has 0 saturated carbocycles. The molecular weight excluding hydrogens is 136 g/mol. The summed E-state index contributed by atoms with van der Waals surface area (Å²) in [5.74, 6) is 0. The van der Waals surface area contributed by atoms with E-state index in [4.69, 9.17) is 0 Å². The first-order valence-corrected chi connectivity index (χ1v) is 3.99. The van der Waals surface area contributed by atoms with Crippen LogP contribution in [-0.2, 0) is 13.6 Å². The lowest BCUT2D eigenvalue weighted by molar-refractivity contribution is -0.671. The van der Waals surface area contributed by atoms with Gasteiger partial charge in [-0.1, -0.05) is 13.0 Å². The van der Waals surface area contributed by atoms with Crippen LogP contribution in [0, 0.1) is 0 Å². The van der Waals surface area contributed by atoms with Crippen molar-refractivity contribution in [3.63, 3.8) is 0 Å². The van der Waals surface area contributed by atoms with E-state index in [1.54, 1.807) is 0 Å². The van der Waals surface area contributed by atoms with Crippen LogP contribution in [-0.4, -0.2) is 4.57 Å². The maximum Gasteiger partial charge on any atom is 0.243 e. The Morgan fingerprint density at radius 3 is 2.82 bits per heavy atom. The van der Waals surface area contributed by atoms with Gasteiger partial charge in [0.2, 0.25) is 6.33 Å². The van der Waals surface area contributed by atoms with Gasteiger partial charge in [-0.25, -0.2) is 9.13 Å². The van der Waals surface area contributed by atoms with Crippen LogP contribution in [0.15, 0.2) is 30.9 Å². The molecule has 0 N–H and O–H groups in total. The van der Waals surface area contributed by atoms with Crippen LogP contribution in [0.5, 0.6) is 0 Å². The van der Waals surface area contributed by atoms with Crippen molar-refractivity contribution < 1.29 is 4.57 Å². The molecule has 0 aromatic carbocycles. The second-order valence-corrected chi connectivity index (χ2v) is 2.66. The minimum Gasteiger partial charge on any atom is -0.240 e. The van der Waals surface area contributed by atoms with E-state index in [0.29, 0.717) is 0 Å². The Morgan fingerprint density at radius 2 is 2.27 bits per heavy atom. The monoisotopic (exact) mass is 151 g/mol. The van der Waals surface area contributed by atoms with Crippen molar-refractivity contribution in [1.82, 2.24) is 4.57 Å². The van der Waals surface area contributed by atoms with Gasteiger partial charge in [0.15, 0.2) is 0 Å². The topological polar surface area (TPSA) is 8.81 Å². The molecule has 2 nitrogen and oxygen atoms in total. The zero-order chi connectivity index (χ0) is 8.10. The predicted octanol–water partition coefficient (Wildman–Crippen LogP) is 1.28. The maximum absolute atomic E-state index is 2.18. The zero-order valence-corrected chi connectivity index (χ0v) is 7.20. The fourth-order valence-corrected chi connectivity index (χ4v) is 0.973. The number of hydrogen-bond donors (Lipinski definition) is 0. The molecule has 1 aromatic rings. The summed E-state index contributed by atoms with van der Waals surface area (Å²) < 4.78 is 4.19. The van der Waals surface area contributed by atoms with Gasteiger partial charge >= 0.3 is 0 Å². The van der Waals surface area contributed by atoms with Crippen molar-refractivity contribution >= 4 is 0 Å². The molecule has 0 bridgehead atoms. The van der Waals surface area contributed by atoms with Crippen molar-refractivity contribution in [3.05, 3.63) is 30.9 Å². The van der Waals surface area contributed by atoms with Crippen LogP contribution in [0.3, 0.4) is 0 Å². The van der Waals surface area contributed by atoms with Crippen LogP contribution >= 0.6 is 0 Å². The smallest absolute Gasteiger partial charge is 0.240 e. The van der Waals surface area contributed by atoms with Gasteiger partial charge in [-0.15, -0.1) is 0 Å². The van der Waals surface area contributed by atoms with Crippen molar-refractivity contribution in [1.29, 1.82) is 0 Å². The third kappa shape index (κ3) is 2.58. The Labute approximate surface area is 67.8 Å². The summed E-state index contributed by atoms with van der Waals surface area (Å²) in [6, 6.07) is 0. The van der Waals surface area contributed by atoms with Crippen LogP contribution in [0.1, 0.15) is 13.3 Å². The molecule has 0 radical (unpaired) electrons. The SMILES string of the molecule is CCC=CCn1cc[n+](C)c1. The Hall–Kier alpha value is -1.05. The molecule has 0 spiro atoms. The minimum absolute atomic E-state index is 0.981. The fourth-order valence-electron chi connectivity index (χ4n) is 0.973. The molecule has 0 aliphatic heterocycles. The molecular formula is C9H15N2+. The minimum atomic E-state index is 0.981. The molecule has 1 heterocycles. The Morgan fingerprint density at radius 1 is 1.45 bits per heavy atom. The number of nitrogens with zero attached hydrogens (tertiary/aromatic N) is 2. The molecule has 60 valence electrons. The highest BCUT2D eigenvalue weighted by Crippen LogP contribution is 1.86. The molecule has 0 saturated heterocycles. The van der Waals surface area contributed by atoms with Gasteiger partial charge in [0, 0.05) is 0 Å². The summed E-state index contributed by atoms with van der Waals surface area (Å²) in [4.78, 5) is 0. The fraction of sp³-hybridized carbons (Fsp3) is 0.444. The Balaban J connectivity index is 2.45. The van der Waals surface area contributed by atoms with Gasteiger partial charge in [-0.3, -0.25) is 0 Å². The van der Waals surface area contributed by atoms with E-state index in [9.17, 15) is 0 Å². The van der Waals surface area contributed by atoms with E-state index < -0.39 is 0 Å². The Kier molecular flexibility index (Phi) is 2.90. The molecule has 11 heavy (non-hydrogen) atoms. The summed E-state index contributed by atoms with van der Waals surface area (Å²) in [7, 11) is 2.03. The predicted molar refractivity (Wildman–Crippen MR) is 45.0 cm³/mol. The summed E-state index contributed by atoms with van der Waals surface area (Å²) in [5, 5.41) is 0. The van der Waals surface area contributed by atoms with Crippen molar-refractivity contribution in [2.24, 2.45) is 7.05 Å². The highest BCUT2D eigenvalue weighted by atomic mass is 15.1. The van der Waals surface area contributed by atoms with E-state index in [-0.39, 0.29) is 0 Å². The standard InChI is InChI=1S/C9H15N2/c1-3-4-5-6-11-8-7-10(2)9-11/h4-5,7-9H,3,6H2,1-2H3/q+1. The lowest BCUT2D eigenvalue weighted by Crippen LogP contribution is -2.23. The number of imidazole rings is 1. The second-order valence-electron chi connectivity index (χ2n) is 2.66. The first-order chi connectivity index (χ1) is 5.33. The molecule has 1 rings (SSSR count). The molecule has 0 aliphatic carbocycles. The summed E-state index contributed by atoms with van der Waals surface area (Å²) in [6.07, 6.45) is 11.7. The van der Waals surface area contributed by atoms with Gasteiger partial charge in [0.05, 0.1) is 7.05 Å². The zero-order valence-electron chi connectivity index (χ0n) is 7.20. The normalized spacial score (nSPS) is 11.1. The summed E-state index contributed by atoms with van der Waals surface area (Å²) >= 11 is 0. The van der Waals surface area contributed by atoms with Crippen molar-refractivity contribution in [2.45, 2.75) is 19.9 Å². The van der Waals surface area contributed by atoms with Crippen LogP contribution < -0.4 is 4.57 Å². The summed E-state index contributed by atoms with van der Waals surface area (Å²) in [5.41, 5.74) is 0. The molecule has 0 fully saturated rings. The first kappa shape index (κ1) is 8.05. The third-order valence-electron chi connectivity index (χ3n) is 1.54. The average molecular weight is 151 g/mol. The van der Waals surface area contributed by atoms with Crippen molar-refractivity contribution in [2.75, 3.05) is 0 Å². The highest BCUT2D eigenvalue weighted by molar-refractivity contribution is 4.82. The first-order valence-electron chi connectivity index (χ1n) is 3.99. The van der Waals surface area contributed by atoms with E-state index in [1.807, 2.05) is 17.8 Å². The number of rotatable bonds is 3. The molecule has 0 unspecified atom stereocenters. The molecule has 2 heteroatoms. The van der Waals surface area contributed by atoms with E-state index in [0.717, 1.165) is 13.0 Å². The molecule has 0 aliphatic rings. The number of allylic oxidation sites excluding steroid dienone is 2. The van der Waals surface area contributed by atoms with Gasteiger partial charge < -0.3 is 0 Å².